The van der Waals surface area contributed by atoms with Crippen LogP contribution >= 0.6 is 22.6 Å². The van der Waals surface area contributed by atoms with Crippen LogP contribution in [-0.2, 0) is 7.05 Å². The molecule has 92 valence electrons. The van der Waals surface area contributed by atoms with Crippen LogP contribution in [-0.4, -0.2) is 21.9 Å². The van der Waals surface area contributed by atoms with Crippen molar-refractivity contribution < 1.29 is 9.15 Å². The first-order valence-corrected chi connectivity index (χ1v) is 6.38. The average molecular weight is 355 g/mol. The van der Waals surface area contributed by atoms with Crippen molar-refractivity contribution in [3.8, 4) is 17.1 Å². The number of pyridine rings is 1. The van der Waals surface area contributed by atoms with Crippen molar-refractivity contribution in [2.45, 2.75) is 0 Å². The Morgan fingerprint density at radius 1 is 1.39 bits per heavy atom. The van der Waals surface area contributed by atoms with E-state index in [1.165, 1.54) is 0 Å². The van der Waals surface area contributed by atoms with Crippen LogP contribution in [0, 0.1) is 3.57 Å². The van der Waals surface area contributed by atoms with Crippen LogP contribution in [0.5, 0.6) is 5.75 Å². The van der Waals surface area contributed by atoms with Gasteiger partial charge in [-0.3, -0.25) is 4.68 Å². The van der Waals surface area contributed by atoms with Gasteiger partial charge in [0.05, 0.1) is 28.6 Å². The number of nitrogens with zero attached hydrogens (tertiary/aromatic N) is 3. The second-order valence-electron chi connectivity index (χ2n) is 3.87. The molecule has 0 N–H and O–H groups in total. The van der Waals surface area contributed by atoms with E-state index in [-0.39, 0.29) is 0 Å². The molecule has 3 aromatic heterocycles. The number of aryl methyl sites for hydroxylation is 1. The Balaban J connectivity index is 2.22. The van der Waals surface area contributed by atoms with Gasteiger partial charge in [0.25, 0.3) is 0 Å². The van der Waals surface area contributed by atoms with Crippen molar-refractivity contribution in [3.63, 3.8) is 0 Å². The molecule has 0 aliphatic heterocycles. The summed E-state index contributed by atoms with van der Waals surface area (Å²) in [6.45, 7) is 0. The van der Waals surface area contributed by atoms with Crippen molar-refractivity contribution in [3.05, 3.63) is 28.2 Å². The summed E-state index contributed by atoms with van der Waals surface area (Å²) in [7, 11) is 3.49. The van der Waals surface area contributed by atoms with Gasteiger partial charge in [0.15, 0.2) is 11.3 Å². The van der Waals surface area contributed by atoms with Crippen LogP contribution in [0.1, 0.15) is 0 Å². The number of methoxy groups -OCH3 is 1. The Hall–Kier alpha value is -1.57. The van der Waals surface area contributed by atoms with Crippen molar-refractivity contribution in [2.24, 2.45) is 7.05 Å². The molecule has 0 atom stereocenters. The summed E-state index contributed by atoms with van der Waals surface area (Å²) in [5.41, 5.74) is 2.51. The van der Waals surface area contributed by atoms with E-state index in [9.17, 15) is 0 Å². The van der Waals surface area contributed by atoms with Gasteiger partial charge in [-0.15, -0.1) is 0 Å². The number of aromatic nitrogens is 3. The Bertz CT molecular complexity index is 717. The van der Waals surface area contributed by atoms with E-state index in [1.807, 2.05) is 19.3 Å². The van der Waals surface area contributed by atoms with Crippen molar-refractivity contribution in [1.82, 2.24) is 14.8 Å². The highest BCUT2D eigenvalue weighted by molar-refractivity contribution is 14.1. The van der Waals surface area contributed by atoms with E-state index in [4.69, 9.17) is 9.15 Å². The SMILES string of the molecule is COc1cnc2c(I)c(-c3cnn(C)c3)oc2c1. The number of rotatable bonds is 2. The summed E-state index contributed by atoms with van der Waals surface area (Å²) in [5, 5.41) is 4.15. The Kier molecular flexibility index (Phi) is 2.73. The molecule has 5 nitrogen and oxygen atoms in total. The van der Waals surface area contributed by atoms with Gasteiger partial charge in [0, 0.05) is 19.3 Å². The topological polar surface area (TPSA) is 53.1 Å². The number of hydrogen-bond donors (Lipinski definition) is 0. The number of halogens is 1. The van der Waals surface area contributed by atoms with Crippen LogP contribution in [0.4, 0.5) is 0 Å². The number of furan rings is 1. The lowest BCUT2D eigenvalue weighted by Gasteiger charge is -1.96. The highest BCUT2D eigenvalue weighted by Gasteiger charge is 2.16. The number of ether oxygens (including phenoxy) is 1. The number of hydrogen-bond acceptors (Lipinski definition) is 4. The number of fused-ring (bicyclic) bond motifs is 1. The van der Waals surface area contributed by atoms with E-state index >= 15 is 0 Å². The fourth-order valence-electron chi connectivity index (χ4n) is 1.77. The third kappa shape index (κ3) is 1.76. The van der Waals surface area contributed by atoms with Crippen molar-refractivity contribution in [2.75, 3.05) is 7.11 Å². The molecule has 6 heteroatoms. The van der Waals surface area contributed by atoms with Gasteiger partial charge in [0.2, 0.25) is 0 Å². The Morgan fingerprint density at radius 2 is 2.22 bits per heavy atom. The summed E-state index contributed by atoms with van der Waals surface area (Å²) in [5.74, 6) is 1.48. The second kappa shape index (κ2) is 4.27. The van der Waals surface area contributed by atoms with Crippen LogP contribution in [0.25, 0.3) is 22.4 Å². The minimum absolute atomic E-state index is 0.686. The molecule has 3 rings (SSSR count). The van der Waals surface area contributed by atoms with Crippen LogP contribution < -0.4 is 4.74 Å². The lowest BCUT2D eigenvalue weighted by atomic mass is 10.3. The Morgan fingerprint density at radius 3 is 2.89 bits per heavy atom. The first-order valence-electron chi connectivity index (χ1n) is 5.30. The zero-order valence-corrected chi connectivity index (χ0v) is 12.0. The van der Waals surface area contributed by atoms with E-state index in [2.05, 4.69) is 32.7 Å². The van der Waals surface area contributed by atoms with Crippen LogP contribution in [0.3, 0.4) is 0 Å². The zero-order chi connectivity index (χ0) is 12.7. The summed E-state index contributed by atoms with van der Waals surface area (Å²) >= 11 is 2.24. The molecule has 0 aromatic carbocycles. The molecule has 0 aliphatic carbocycles. The summed E-state index contributed by atoms with van der Waals surface area (Å²) in [6, 6.07) is 1.84. The summed E-state index contributed by atoms with van der Waals surface area (Å²) in [6.07, 6.45) is 5.38. The molecular weight excluding hydrogens is 345 g/mol. The molecule has 3 heterocycles. The summed E-state index contributed by atoms with van der Waals surface area (Å²) < 4.78 is 13.7. The maximum Gasteiger partial charge on any atom is 0.158 e. The minimum atomic E-state index is 0.686. The average Bonchev–Trinajstić information content (AvgIpc) is 2.93. The van der Waals surface area contributed by atoms with Gasteiger partial charge in [0.1, 0.15) is 11.3 Å². The van der Waals surface area contributed by atoms with Gasteiger partial charge in [-0.1, -0.05) is 0 Å². The van der Waals surface area contributed by atoms with Gasteiger partial charge in [-0.2, -0.15) is 5.10 Å². The minimum Gasteiger partial charge on any atom is -0.495 e. The zero-order valence-electron chi connectivity index (χ0n) is 9.85. The molecule has 0 unspecified atom stereocenters. The molecule has 18 heavy (non-hydrogen) atoms. The van der Waals surface area contributed by atoms with Crippen LogP contribution in [0.2, 0.25) is 0 Å². The Labute approximate surface area is 117 Å². The maximum atomic E-state index is 5.84. The maximum absolute atomic E-state index is 5.84. The second-order valence-corrected chi connectivity index (χ2v) is 4.95. The fourth-order valence-corrected chi connectivity index (χ4v) is 2.59. The fraction of sp³-hybridized carbons (Fsp3) is 0.167. The monoisotopic (exact) mass is 355 g/mol. The quantitative estimate of drug-likeness (QED) is 0.664. The molecule has 0 amide bonds. The normalized spacial score (nSPS) is 11.1. The van der Waals surface area contributed by atoms with Crippen LogP contribution in [0.15, 0.2) is 29.1 Å². The van der Waals surface area contributed by atoms with Gasteiger partial charge < -0.3 is 9.15 Å². The molecule has 3 aromatic rings. The molecule has 0 fully saturated rings. The smallest absolute Gasteiger partial charge is 0.158 e. The molecule has 0 saturated carbocycles. The van der Waals surface area contributed by atoms with Gasteiger partial charge >= 0.3 is 0 Å². The highest BCUT2D eigenvalue weighted by Crippen LogP contribution is 2.34. The first kappa shape index (κ1) is 11.5. The predicted octanol–water partition coefficient (Wildman–Crippen LogP) is 2.84. The predicted molar refractivity (Wildman–Crippen MR) is 75.5 cm³/mol. The molecule has 0 aliphatic rings. The van der Waals surface area contributed by atoms with Crippen molar-refractivity contribution >= 4 is 33.7 Å². The standard InChI is InChI=1S/C12H10IN3O2/c1-16-6-7(4-15-16)12-10(13)11-9(18-12)3-8(17-2)5-14-11/h3-6H,1-2H3. The lowest BCUT2D eigenvalue weighted by molar-refractivity contribution is 0.413. The van der Waals surface area contributed by atoms with Gasteiger partial charge in [-0.25, -0.2) is 4.98 Å². The van der Waals surface area contributed by atoms with E-state index < -0.39 is 0 Å². The third-order valence-electron chi connectivity index (χ3n) is 2.65. The molecule has 0 saturated heterocycles. The van der Waals surface area contributed by atoms with E-state index in [0.717, 1.165) is 26.0 Å². The summed E-state index contributed by atoms with van der Waals surface area (Å²) in [4.78, 5) is 4.35. The molecule has 0 bridgehead atoms. The third-order valence-corrected chi connectivity index (χ3v) is 3.65. The highest BCUT2D eigenvalue weighted by atomic mass is 127. The molecular formula is C12H10IN3O2. The molecule has 0 spiro atoms. The lowest BCUT2D eigenvalue weighted by Crippen LogP contribution is -1.84. The largest absolute Gasteiger partial charge is 0.495 e. The van der Waals surface area contributed by atoms with E-state index in [1.54, 1.807) is 24.2 Å². The first-order chi connectivity index (χ1) is 8.69. The molecule has 0 radical (unpaired) electrons. The van der Waals surface area contributed by atoms with E-state index in [0.29, 0.717) is 5.75 Å². The van der Waals surface area contributed by atoms with Gasteiger partial charge in [-0.05, 0) is 22.6 Å². The van der Waals surface area contributed by atoms with Crippen molar-refractivity contribution in [1.29, 1.82) is 0 Å².